The lowest BCUT2D eigenvalue weighted by Gasteiger charge is -2.25. The number of hydrogen-bond donors (Lipinski definition) is 1. The average Bonchev–Trinajstić information content (AvgIpc) is 2.51. The summed E-state index contributed by atoms with van der Waals surface area (Å²) in [4.78, 5) is 11.5. The third kappa shape index (κ3) is 4.59. The van der Waals surface area contributed by atoms with Crippen LogP contribution in [0.1, 0.15) is 43.6 Å². The van der Waals surface area contributed by atoms with Crippen LogP contribution >= 0.6 is 11.6 Å². The van der Waals surface area contributed by atoms with Crippen molar-refractivity contribution < 1.29 is 15.0 Å². The highest BCUT2D eigenvalue weighted by Gasteiger charge is 2.23. The third-order valence-electron chi connectivity index (χ3n) is 4.15. The lowest BCUT2D eigenvalue weighted by atomic mass is 9.85. The monoisotopic (exact) mass is 345 g/mol. The fourth-order valence-corrected chi connectivity index (χ4v) is 2.84. The second-order valence-electron chi connectivity index (χ2n) is 7.08. The molecule has 0 amide bonds. The molecule has 0 fully saturated rings. The van der Waals surface area contributed by atoms with Crippen LogP contribution in [0.15, 0.2) is 48.5 Å². The van der Waals surface area contributed by atoms with E-state index in [1.54, 1.807) is 24.3 Å². The standard InChI is InChI=1S/C20H23ClO3/c1-20(2,3)15-9-7-13(8-10-15)11-17(19(23)24)18(22)14-5-4-6-16(21)12-14/h4-10,12,17-18,22H,11H2,1-3H3,(H,23,24)/p-1. The van der Waals surface area contributed by atoms with E-state index in [1.807, 2.05) is 24.3 Å². The maximum Gasteiger partial charge on any atom is 0.0874 e. The highest BCUT2D eigenvalue weighted by Crippen LogP contribution is 2.28. The Labute approximate surface area is 147 Å². The molecule has 2 unspecified atom stereocenters. The van der Waals surface area contributed by atoms with E-state index in [0.717, 1.165) is 5.56 Å². The fraction of sp³-hybridized carbons (Fsp3) is 0.350. The summed E-state index contributed by atoms with van der Waals surface area (Å²) in [6.07, 6.45) is -0.976. The number of carboxylic acids is 1. The van der Waals surface area contributed by atoms with Gasteiger partial charge in [0, 0.05) is 16.9 Å². The van der Waals surface area contributed by atoms with E-state index in [9.17, 15) is 15.0 Å². The lowest BCUT2D eigenvalue weighted by Crippen LogP contribution is -2.36. The van der Waals surface area contributed by atoms with Crippen molar-refractivity contribution in [2.75, 3.05) is 0 Å². The molecule has 1 N–H and O–H groups in total. The van der Waals surface area contributed by atoms with Crippen LogP contribution in [0.5, 0.6) is 0 Å². The van der Waals surface area contributed by atoms with Gasteiger partial charge in [0.15, 0.2) is 0 Å². The Morgan fingerprint density at radius 1 is 1.17 bits per heavy atom. The molecule has 0 aliphatic carbocycles. The quantitative estimate of drug-likeness (QED) is 0.904. The van der Waals surface area contributed by atoms with Gasteiger partial charge in [-0.1, -0.05) is 68.8 Å². The summed E-state index contributed by atoms with van der Waals surface area (Å²) in [6, 6.07) is 14.4. The first-order valence-electron chi connectivity index (χ1n) is 7.92. The smallest absolute Gasteiger partial charge is 0.0874 e. The number of carbonyl (C=O) groups is 1. The summed E-state index contributed by atoms with van der Waals surface area (Å²) < 4.78 is 0. The highest BCUT2D eigenvalue weighted by molar-refractivity contribution is 6.30. The van der Waals surface area contributed by atoms with Crippen molar-refractivity contribution in [3.8, 4) is 0 Å². The number of halogens is 1. The molecule has 0 aliphatic heterocycles. The zero-order valence-corrected chi connectivity index (χ0v) is 14.9. The van der Waals surface area contributed by atoms with Crippen molar-refractivity contribution >= 4 is 17.6 Å². The Balaban J connectivity index is 2.21. The van der Waals surface area contributed by atoms with Gasteiger partial charge in [0.25, 0.3) is 0 Å². The van der Waals surface area contributed by atoms with Gasteiger partial charge in [-0.2, -0.15) is 0 Å². The lowest BCUT2D eigenvalue weighted by molar-refractivity contribution is -0.314. The Kier molecular flexibility index (Phi) is 5.68. The van der Waals surface area contributed by atoms with Crippen LogP contribution in [0.2, 0.25) is 5.02 Å². The van der Waals surface area contributed by atoms with Crippen LogP contribution in [-0.4, -0.2) is 11.1 Å². The van der Waals surface area contributed by atoms with E-state index in [4.69, 9.17) is 11.6 Å². The second-order valence-corrected chi connectivity index (χ2v) is 7.51. The first kappa shape index (κ1) is 18.5. The van der Waals surface area contributed by atoms with Gasteiger partial charge in [0.05, 0.1) is 6.10 Å². The summed E-state index contributed by atoms with van der Waals surface area (Å²) in [7, 11) is 0. The number of aliphatic carboxylic acids is 1. The number of aliphatic hydroxyl groups excluding tert-OH is 1. The van der Waals surface area contributed by atoms with Gasteiger partial charge in [-0.25, -0.2) is 0 Å². The van der Waals surface area contributed by atoms with Crippen molar-refractivity contribution in [3.05, 3.63) is 70.2 Å². The van der Waals surface area contributed by atoms with E-state index in [-0.39, 0.29) is 11.8 Å². The van der Waals surface area contributed by atoms with Gasteiger partial charge in [-0.3, -0.25) is 0 Å². The molecule has 24 heavy (non-hydrogen) atoms. The molecule has 128 valence electrons. The average molecular weight is 346 g/mol. The molecule has 0 saturated heterocycles. The summed E-state index contributed by atoms with van der Waals surface area (Å²) in [6.45, 7) is 6.36. The van der Waals surface area contributed by atoms with Crippen LogP contribution in [0.4, 0.5) is 0 Å². The molecule has 2 aromatic rings. The molecular formula is C20H22ClO3-. The Morgan fingerprint density at radius 2 is 1.79 bits per heavy atom. The first-order valence-corrected chi connectivity index (χ1v) is 8.30. The Morgan fingerprint density at radius 3 is 2.29 bits per heavy atom. The topological polar surface area (TPSA) is 60.4 Å². The minimum Gasteiger partial charge on any atom is -0.550 e. The van der Waals surface area contributed by atoms with Gasteiger partial charge < -0.3 is 15.0 Å². The van der Waals surface area contributed by atoms with Crippen molar-refractivity contribution in [1.29, 1.82) is 0 Å². The second kappa shape index (κ2) is 7.37. The highest BCUT2D eigenvalue weighted by atomic mass is 35.5. The van der Waals surface area contributed by atoms with Crippen LogP contribution < -0.4 is 5.11 Å². The van der Waals surface area contributed by atoms with Crippen molar-refractivity contribution in [2.45, 2.75) is 38.7 Å². The molecule has 3 nitrogen and oxygen atoms in total. The largest absolute Gasteiger partial charge is 0.550 e. The number of carbonyl (C=O) groups excluding carboxylic acids is 1. The molecular weight excluding hydrogens is 324 g/mol. The summed E-state index contributed by atoms with van der Waals surface area (Å²) in [5.41, 5.74) is 2.53. The van der Waals surface area contributed by atoms with Crippen LogP contribution in [0, 0.1) is 5.92 Å². The molecule has 2 rings (SSSR count). The van der Waals surface area contributed by atoms with E-state index < -0.39 is 18.0 Å². The van der Waals surface area contributed by atoms with Crippen molar-refractivity contribution in [3.63, 3.8) is 0 Å². The van der Waals surface area contributed by atoms with Crippen LogP contribution in [-0.2, 0) is 16.6 Å². The Bertz CT molecular complexity index is 702. The molecule has 0 aliphatic rings. The number of rotatable bonds is 5. The minimum atomic E-state index is -1.28. The molecule has 0 heterocycles. The predicted molar refractivity (Wildman–Crippen MR) is 93.8 cm³/mol. The van der Waals surface area contributed by atoms with E-state index in [2.05, 4.69) is 20.8 Å². The third-order valence-corrected chi connectivity index (χ3v) is 4.38. The number of benzene rings is 2. The van der Waals surface area contributed by atoms with Crippen LogP contribution in [0.3, 0.4) is 0 Å². The van der Waals surface area contributed by atoms with Gasteiger partial charge in [-0.05, 0) is 40.7 Å². The zero-order valence-electron chi connectivity index (χ0n) is 14.1. The Hall–Kier alpha value is -1.84. The summed E-state index contributed by atoms with van der Waals surface area (Å²) in [5.74, 6) is -2.31. The van der Waals surface area contributed by atoms with Crippen molar-refractivity contribution in [2.24, 2.45) is 5.92 Å². The van der Waals surface area contributed by atoms with E-state index in [1.165, 1.54) is 5.56 Å². The van der Waals surface area contributed by atoms with Crippen LogP contribution in [0.25, 0.3) is 0 Å². The molecule has 0 saturated carbocycles. The van der Waals surface area contributed by atoms with Crippen molar-refractivity contribution in [1.82, 2.24) is 0 Å². The summed E-state index contributed by atoms with van der Waals surface area (Å²) >= 11 is 5.92. The molecule has 0 radical (unpaired) electrons. The molecule has 0 aromatic heterocycles. The summed E-state index contributed by atoms with van der Waals surface area (Å²) in [5, 5.41) is 22.4. The molecule has 2 aromatic carbocycles. The predicted octanol–water partition coefficient (Wildman–Crippen LogP) is 3.28. The maximum atomic E-state index is 11.5. The van der Waals surface area contributed by atoms with Gasteiger partial charge >= 0.3 is 0 Å². The first-order chi connectivity index (χ1) is 11.2. The van der Waals surface area contributed by atoms with E-state index in [0.29, 0.717) is 10.6 Å². The fourth-order valence-electron chi connectivity index (χ4n) is 2.64. The molecule has 4 heteroatoms. The molecule has 2 atom stereocenters. The SMILES string of the molecule is CC(C)(C)c1ccc(CC(C(=O)[O-])C(O)c2cccc(Cl)c2)cc1. The number of aliphatic hydroxyl groups is 1. The number of carboxylic acid groups (broad SMARTS) is 1. The minimum absolute atomic E-state index is 0.0343. The van der Waals surface area contributed by atoms with E-state index >= 15 is 0 Å². The van der Waals surface area contributed by atoms with Gasteiger partial charge in [0.2, 0.25) is 0 Å². The normalized spacial score (nSPS) is 14.2. The zero-order chi connectivity index (χ0) is 17.9. The maximum absolute atomic E-state index is 11.5. The van der Waals surface area contributed by atoms with Gasteiger partial charge in [-0.15, -0.1) is 0 Å². The molecule has 0 bridgehead atoms. The molecule has 0 spiro atoms. The van der Waals surface area contributed by atoms with Gasteiger partial charge in [0.1, 0.15) is 0 Å². The number of hydrogen-bond acceptors (Lipinski definition) is 3.